The lowest BCUT2D eigenvalue weighted by atomic mass is 10.1. The summed E-state index contributed by atoms with van der Waals surface area (Å²) in [7, 11) is 0. The van der Waals surface area contributed by atoms with Crippen LogP contribution in [-0.2, 0) is 13.0 Å². The second-order valence-corrected chi connectivity index (χ2v) is 3.64. The van der Waals surface area contributed by atoms with Gasteiger partial charge in [0.25, 0.3) is 0 Å². The van der Waals surface area contributed by atoms with Crippen molar-refractivity contribution in [2.75, 3.05) is 6.54 Å². The minimum Gasteiger partial charge on any atom is -0.424 e. The lowest BCUT2D eigenvalue weighted by Gasteiger charge is -1.98. The number of benzene rings is 1. The summed E-state index contributed by atoms with van der Waals surface area (Å²) in [6.45, 7) is 3.38. The maximum Gasteiger partial charge on any atom is 0.230 e. The largest absolute Gasteiger partial charge is 0.424 e. The number of aromatic nitrogens is 2. The van der Waals surface area contributed by atoms with Gasteiger partial charge in [-0.05, 0) is 18.2 Å². The van der Waals surface area contributed by atoms with Crippen LogP contribution in [0.4, 0.5) is 4.39 Å². The van der Waals surface area contributed by atoms with Crippen molar-refractivity contribution in [1.29, 1.82) is 0 Å². The highest BCUT2D eigenvalue weighted by molar-refractivity contribution is 5.20. The third kappa shape index (κ3) is 3.10. The first-order valence-corrected chi connectivity index (χ1v) is 5.55. The van der Waals surface area contributed by atoms with Crippen molar-refractivity contribution in [3.05, 3.63) is 47.4 Å². The highest BCUT2D eigenvalue weighted by Crippen LogP contribution is 2.12. The monoisotopic (exact) mass is 235 g/mol. The van der Waals surface area contributed by atoms with Crippen molar-refractivity contribution in [2.24, 2.45) is 0 Å². The lowest BCUT2D eigenvalue weighted by molar-refractivity contribution is 0.439. The predicted molar refractivity (Wildman–Crippen MR) is 60.9 cm³/mol. The maximum absolute atomic E-state index is 13.4. The first kappa shape index (κ1) is 11.7. The normalized spacial score (nSPS) is 10.7. The number of nitrogens with one attached hydrogen (secondary N) is 1. The molecule has 0 aliphatic carbocycles. The number of hydrogen-bond donors (Lipinski definition) is 1. The van der Waals surface area contributed by atoms with Gasteiger partial charge in [0.05, 0.1) is 13.0 Å². The zero-order valence-corrected chi connectivity index (χ0v) is 9.61. The van der Waals surface area contributed by atoms with Crippen LogP contribution in [0.2, 0.25) is 0 Å². The highest BCUT2D eigenvalue weighted by atomic mass is 19.1. The molecule has 0 saturated heterocycles. The van der Waals surface area contributed by atoms with Crippen molar-refractivity contribution in [1.82, 2.24) is 15.5 Å². The Hall–Kier alpha value is -1.75. The zero-order chi connectivity index (χ0) is 12.1. The molecule has 0 fully saturated rings. The number of halogens is 1. The third-order valence-corrected chi connectivity index (χ3v) is 2.33. The molecule has 0 bridgehead atoms. The van der Waals surface area contributed by atoms with E-state index in [0.29, 0.717) is 30.3 Å². The van der Waals surface area contributed by atoms with Crippen molar-refractivity contribution >= 4 is 0 Å². The Kier molecular flexibility index (Phi) is 3.82. The molecule has 17 heavy (non-hydrogen) atoms. The quantitative estimate of drug-likeness (QED) is 0.860. The van der Waals surface area contributed by atoms with Crippen LogP contribution in [0.1, 0.15) is 24.3 Å². The number of hydrogen-bond acceptors (Lipinski definition) is 4. The first-order chi connectivity index (χ1) is 8.29. The average Bonchev–Trinajstić information content (AvgIpc) is 2.77. The summed E-state index contributed by atoms with van der Waals surface area (Å²) in [5.74, 6) is 0.708. The van der Waals surface area contributed by atoms with Crippen LogP contribution in [-0.4, -0.2) is 16.7 Å². The molecule has 0 aliphatic heterocycles. The SMILES string of the molecule is CCNCc1nnc(Cc2ccccc2F)o1. The summed E-state index contributed by atoms with van der Waals surface area (Å²) in [6, 6.07) is 6.58. The molecule has 4 nitrogen and oxygen atoms in total. The third-order valence-electron chi connectivity index (χ3n) is 2.33. The molecule has 5 heteroatoms. The van der Waals surface area contributed by atoms with E-state index in [1.807, 2.05) is 6.92 Å². The average molecular weight is 235 g/mol. The second-order valence-electron chi connectivity index (χ2n) is 3.64. The minimum atomic E-state index is -0.251. The Bertz CT molecular complexity index is 484. The van der Waals surface area contributed by atoms with Crippen molar-refractivity contribution in [3.63, 3.8) is 0 Å². The molecular weight excluding hydrogens is 221 g/mol. The van der Waals surface area contributed by atoms with Crippen LogP contribution in [0.3, 0.4) is 0 Å². The van der Waals surface area contributed by atoms with E-state index in [1.54, 1.807) is 18.2 Å². The van der Waals surface area contributed by atoms with Gasteiger partial charge < -0.3 is 9.73 Å². The van der Waals surface area contributed by atoms with Gasteiger partial charge in [-0.1, -0.05) is 25.1 Å². The summed E-state index contributed by atoms with van der Waals surface area (Å²) in [5.41, 5.74) is 0.561. The van der Waals surface area contributed by atoms with Gasteiger partial charge in [0.2, 0.25) is 11.8 Å². The minimum absolute atomic E-state index is 0.251. The molecule has 2 rings (SSSR count). The second kappa shape index (κ2) is 5.54. The van der Waals surface area contributed by atoms with E-state index < -0.39 is 0 Å². The van der Waals surface area contributed by atoms with Gasteiger partial charge in [-0.3, -0.25) is 0 Å². The van der Waals surface area contributed by atoms with Crippen LogP contribution in [0, 0.1) is 5.82 Å². The molecule has 0 atom stereocenters. The summed E-state index contributed by atoms with van der Waals surface area (Å²) < 4.78 is 18.8. The molecular formula is C12H14FN3O. The molecule has 0 spiro atoms. The molecule has 1 aromatic heterocycles. The standard InChI is InChI=1S/C12H14FN3O/c1-2-14-8-12-16-15-11(17-12)7-9-5-3-4-6-10(9)13/h3-6,14H,2,7-8H2,1H3. The van der Waals surface area contributed by atoms with Crippen LogP contribution < -0.4 is 5.32 Å². The molecule has 0 aliphatic rings. The number of rotatable bonds is 5. The Morgan fingerprint density at radius 2 is 2.00 bits per heavy atom. The van der Waals surface area contributed by atoms with Crippen molar-refractivity contribution in [2.45, 2.75) is 19.9 Å². The summed E-state index contributed by atoms with van der Waals surface area (Å²) in [4.78, 5) is 0. The van der Waals surface area contributed by atoms with E-state index >= 15 is 0 Å². The van der Waals surface area contributed by atoms with Crippen LogP contribution in [0.5, 0.6) is 0 Å². The predicted octanol–water partition coefficient (Wildman–Crippen LogP) is 1.91. The highest BCUT2D eigenvalue weighted by Gasteiger charge is 2.08. The molecule has 1 aromatic carbocycles. The lowest BCUT2D eigenvalue weighted by Crippen LogP contribution is -2.11. The molecule has 1 heterocycles. The fourth-order valence-electron chi connectivity index (χ4n) is 1.47. The van der Waals surface area contributed by atoms with E-state index in [-0.39, 0.29) is 5.82 Å². The van der Waals surface area contributed by atoms with Crippen LogP contribution in [0.25, 0.3) is 0 Å². The van der Waals surface area contributed by atoms with Gasteiger partial charge in [-0.2, -0.15) is 0 Å². The molecule has 0 saturated carbocycles. The maximum atomic E-state index is 13.4. The van der Waals surface area contributed by atoms with Crippen molar-refractivity contribution < 1.29 is 8.81 Å². The van der Waals surface area contributed by atoms with E-state index in [9.17, 15) is 4.39 Å². The van der Waals surface area contributed by atoms with Gasteiger partial charge in [0.1, 0.15) is 5.82 Å². The van der Waals surface area contributed by atoms with Crippen LogP contribution in [0.15, 0.2) is 28.7 Å². The molecule has 1 N–H and O–H groups in total. The fraction of sp³-hybridized carbons (Fsp3) is 0.333. The molecule has 0 radical (unpaired) electrons. The summed E-state index contributed by atoms with van der Waals surface area (Å²) >= 11 is 0. The van der Waals surface area contributed by atoms with E-state index in [2.05, 4.69) is 15.5 Å². The Morgan fingerprint density at radius 1 is 1.24 bits per heavy atom. The van der Waals surface area contributed by atoms with E-state index in [0.717, 1.165) is 6.54 Å². The Labute approximate surface area is 98.9 Å². The Morgan fingerprint density at radius 3 is 2.76 bits per heavy atom. The number of nitrogens with zero attached hydrogens (tertiary/aromatic N) is 2. The van der Waals surface area contributed by atoms with E-state index in [1.165, 1.54) is 6.07 Å². The topological polar surface area (TPSA) is 51.0 Å². The molecule has 2 aromatic rings. The van der Waals surface area contributed by atoms with Gasteiger partial charge in [0, 0.05) is 0 Å². The van der Waals surface area contributed by atoms with Gasteiger partial charge in [0.15, 0.2) is 0 Å². The smallest absolute Gasteiger partial charge is 0.230 e. The Balaban J connectivity index is 2.04. The molecule has 90 valence electrons. The summed E-state index contributed by atoms with van der Waals surface area (Å²) in [6.07, 6.45) is 0.325. The van der Waals surface area contributed by atoms with Gasteiger partial charge in [-0.25, -0.2) is 4.39 Å². The van der Waals surface area contributed by atoms with Gasteiger partial charge in [-0.15, -0.1) is 10.2 Å². The van der Waals surface area contributed by atoms with Crippen molar-refractivity contribution in [3.8, 4) is 0 Å². The molecule has 0 amide bonds. The van der Waals surface area contributed by atoms with Gasteiger partial charge >= 0.3 is 0 Å². The zero-order valence-electron chi connectivity index (χ0n) is 9.61. The van der Waals surface area contributed by atoms with Crippen LogP contribution >= 0.6 is 0 Å². The molecule has 0 unspecified atom stereocenters. The van der Waals surface area contributed by atoms with E-state index in [4.69, 9.17) is 4.42 Å². The summed E-state index contributed by atoms with van der Waals surface area (Å²) in [5, 5.41) is 10.8. The first-order valence-electron chi connectivity index (χ1n) is 5.55. The fourth-order valence-corrected chi connectivity index (χ4v) is 1.47.